The molecule has 2 heterocycles. The molecule has 2 fully saturated rings. The summed E-state index contributed by atoms with van der Waals surface area (Å²) in [6.07, 6.45) is 0.478. The van der Waals surface area contributed by atoms with Gasteiger partial charge in [0, 0.05) is 43.8 Å². The summed E-state index contributed by atoms with van der Waals surface area (Å²) in [6, 6.07) is 9.89. The summed E-state index contributed by atoms with van der Waals surface area (Å²) in [5.74, 6) is 0.921. The third kappa shape index (κ3) is 5.23. The molecule has 0 radical (unpaired) electrons. The number of morpholine rings is 1. The van der Waals surface area contributed by atoms with Crippen molar-refractivity contribution in [3.8, 4) is 0 Å². The topological polar surface area (TPSA) is 69.2 Å². The van der Waals surface area contributed by atoms with E-state index in [1.54, 1.807) is 0 Å². The second-order valence-corrected chi connectivity index (χ2v) is 7.99. The van der Waals surface area contributed by atoms with Crippen LogP contribution in [-0.4, -0.2) is 74.3 Å². The van der Waals surface area contributed by atoms with Crippen molar-refractivity contribution >= 4 is 17.6 Å². The lowest BCUT2D eigenvalue weighted by Crippen LogP contribution is -2.52. The zero-order valence-electron chi connectivity index (χ0n) is 17.3. The van der Waals surface area contributed by atoms with Gasteiger partial charge in [0.15, 0.2) is 5.96 Å². The number of amides is 1. The van der Waals surface area contributed by atoms with E-state index in [2.05, 4.69) is 36.3 Å². The summed E-state index contributed by atoms with van der Waals surface area (Å²) in [5, 5.41) is 6.78. The van der Waals surface area contributed by atoms with Gasteiger partial charge in [-0.15, -0.1) is 0 Å². The van der Waals surface area contributed by atoms with Gasteiger partial charge in [-0.25, -0.2) is 0 Å². The average molecular weight is 388 g/mol. The third-order valence-electron chi connectivity index (χ3n) is 5.37. The number of hydrogen-bond acceptors (Lipinski definition) is 4. The Morgan fingerprint density at radius 2 is 1.96 bits per heavy atom. The second-order valence-electron chi connectivity index (χ2n) is 7.99. The van der Waals surface area contributed by atoms with Gasteiger partial charge in [0.1, 0.15) is 0 Å². The molecule has 2 saturated heterocycles. The Morgan fingerprint density at radius 1 is 1.25 bits per heavy atom. The molecule has 0 saturated carbocycles. The zero-order valence-corrected chi connectivity index (χ0v) is 17.3. The SMILES string of the molecule is CCNC(=NCC(C)(C)N1CCOCC1)NC1CC(=O)N(c2ccccc2)C1. The van der Waals surface area contributed by atoms with Crippen LogP contribution in [0.15, 0.2) is 35.3 Å². The number of carbonyl (C=O) groups excluding carboxylic acids is 1. The number of carbonyl (C=O) groups is 1. The van der Waals surface area contributed by atoms with E-state index in [4.69, 9.17) is 9.73 Å². The molecule has 28 heavy (non-hydrogen) atoms. The van der Waals surface area contributed by atoms with E-state index in [1.165, 1.54) is 0 Å². The van der Waals surface area contributed by atoms with Gasteiger partial charge in [0.05, 0.1) is 25.8 Å². The fraction of sp³-hybridized carbons (Fsp3) is 0.619. The quantitative estimate of drug-likeness (QED) is 0.571. The lowest BCUT2D eigenvalue weighted by atomic mass is 10.0. The first-order chi connectivity index (χ1) is 13.5. The molecule has 1 amide bonds. The van der Waals surface area contributed by atoms with Crippen LogP contribution < -0.4 is 15.5 Å². The molecule has 0 spiro atoms. The van der Waals surface area contributed by atoms with Gasteiger partial charge in [-0.3, -0.25) is 14.7 Å². The van der Waals surface area contributed by atoms with Crippen LogP contribution in [0.5, 0.6) is 0 Å². The van der Waals surface area contributed by atoms with Crippen LogP contribution in [-0.2, 0) is 9.53 Å². The Kier molecular flexibility index (Phi) is 6.91. The molecule has 1 aromatic carbocycles. The van der Waals surface area contributed by atoms with Crippen molar-refractivity contribution in [2.75, 3.05) is 50.8 Å². The minimum Gasteiger partial charge on any atom is -0.379 e. The number of hydrogen-bond donors (Lipinski definition) is 2. The Hall–Kier alpha value is -2.12. The Bertz CT molecular complexity index is 671. The highest BCUT2D eigenvalue weighted by molar-refractivity contribution is 5.97. The maximum Gasteiger partial charge on any atom is 0.229 e. The molecule has 2 aliphatic rings. The highest BCUT2D eigenvalue weighted by atomic mass is 16.5. The van der Waals surface area contributed by atoms with E-state index in [0.29, 0.717) is 19.5 Å². The molecule has 2 aliphatic heterocycles. The molecular weight excluding hydrogens is 354 g/mol. The fourth-order valence-corrected chi connectivity index (χ4v) is 3.72. The van der Waals surface area contributed by atoms with Crippen LogP contribution in [0.2, 0.25) is 0 Å². The molecule has 1 atom stereocenters. The van der Waals surface area contributed by atoms with E-state index in [9.17, 15) is 4.79 Å². The molecule has 0 bridgehead atoms. The van der Waals surface area contributed by atoms with Gasteiger partial charge in [-0.2, -0.15) is 0 Å². The number of nitrogens with zero attached hydrogens (tertiary/aromatic N) is 3. The fourth-order valence-electron chi connectivity index (χ4n) is 3.72. The second kappa shape index (κ2) is 9.39. The Labute approximate surface area is 168 Å². The molecule has 0 aromatic heterocycles. The summed E-state index contributed by atoms with van der Waals surface area (Å²) >= 11 is 0. The third-order valence-corrected chi connectivity index (χ3v) is 5.37. The van der Waals surface area contributed by atoms with E-state index >= 15 is 0 Å². The van der Waals surface area contributed by atoms with Crippen molar-refractivity contribution in [2.45, 2.75) is 38.8 Å². The number of aliphatic imine (C=N–C) groups is 1. The molecule has 0 aliphatic carbocycles. The van der Waals surface area contributed by atoms with E-state index in [-0.39, 0.29) is 17.5 Å². The van der Waals surface area contributed by atoms with Gasteiger partial charge >= 0.3 is 0 Å². The van der Waals surface area contributed by atoms with Crippen LogP contribution in [0.25, 0.3) is 0 Å². The Morgan fingerprint density at radius 3 is 2.64 bits per heavy atom. The molecule has 3 rings (SSSR count). The van der Waals surface area contributed by atoms with Gasteiger partial charge in [0.25, 0.3) is 0 Å². The maximum atomic E-state index is 12.5. The molecule has 1 aromatic rings. The van der Waals surface area contributed by atoms with Crippen LogP contribution >= 0.6 is 0 Å². The summed E-state index contributed by atoms with van der Waals surface area (Å²) < 4.78 is 5.47. The van der Waals surface area contributed by atoms with E-state index < -0.39 is 0 Å². The number of rotatable bonds is 6. The van der Waals surface area contributed by atoms with Crippen LogP contribution in [0.4, 0.5) is 5.69 Å². The van der Waals surface area contributed by atoms with Crippen molar-refractivity contribution in [3.05, 3.63) is 30.3 Å². The first-order valence-electron chi connectivity index (χ1n) is 10.2. The van der Waals surface area contributed by atoms with E-state index in [0.717, 1.165) is 44.5 Å². The van der Waals surface area contributed by atoms with Gasteiger partial charge in [-0.05, 0) is 32.9 Å². The zero-order chi connectivity index (χ0) is 20.0. The lowest BCUT2D eigenvalue weighted by molar-refractivity contribution is -0.117. The summed E-state index contributed by atoms with van der Waals surface area (Å²) in [6.45, 7) is 12.1. The van der Waals surface area contributed by atoms with Gasteiger partial charge < -0.3 is 20.3 Å². The summed E-state index contributed by atoms with van der Waals surface area (Å²) in [7, 11) is 0. The molecule has 7 heteroatoms. The van der Waals surface area contributed by atoms with E-state index in [1.807, 2.05) is 35.2 Å². The highest BCUT2D eigenvalue weighted by Crippen LogP contribution is 2.21. The van der Waals surface area contributed by atoms with Crippen molar-refractivity contribution < 1.29 is 9.53 Å². The van der Waals surface area contributed by atoms with Crippen molar-refractivity contribution in [3.63, 3.8) is 0 Å². The largest absolute Gasteiger partial charge is 0.379 e. The molecule has 7 nitrogen and oxygen atoms in total. The number of nitrogens with one attached hydrogen (secondary N) is 2. The molecular formula is C21H33N5O2. The van der Waals surface area contributed by atoms with Crippen molar-refractivity contribution in [1.29, 1.82) is 0 Å². The number of para-hydroxylation sites is 1. The lowest BCUT2D eigenvalue weighted by Gasteiger charge is -2.40. The summed E-state index contributed by atoms with van der Waals surface area (Å²) in [5.41, 5.74) is 0.917. The van der Waals surface area contributed by atoms with Crippen molar-refractivity contribution in [2.24, 2.45) is 4.99 Å². The van der Waals surface area contributed by atoms with Crippen LogP contribution in [0.3, 0.4) is 0 Å². The number of anilines is 1. The normalized spacial score (nSPS) is 21.8. The van der Waals surface area contributed by atoms with Crippen molar-refractivity contribution in [1.82, 2.24) is 15.5 Å². The smallest absolute Gasteiger partial charge is 0.229 e. The predicted molar refractivity (Wildman–Crippen MR) is 113 cm³/mol. The summed E-state index contributed by atoms with van der Waals surface area (Å²) in [4.78, 5) is 21.6. The predicted octanol–water partition coefficient (Wildman–Crippen LogP) is 1.46. The Balaban J connectivity index is 1.61. The first kappa shape index (κ1) is 20.6. The van der Waals surface area contributed by atoms with Gasteiger partial charge in [-0.1, -0.05) is 18.2 Å². The maximum absolute atomic E-state index is 12.5. The minimum absolute atomic E-state index is 0.0340. The van der Waals surface area contributed by atoms with Crippen LogP contribution in [0, 0.1) is 0 Å². The standard InChI is InChI=1S/C21H33N5O2/c1-4-22-20(23-16-21(2,3)25-10-12-28-13-11-25)24-17-14-19(27)26(15-17)18-8-6-5-7-9-18/h5-9,17H,4,10-16H2,1-3H3,(H2,22,23,24). The van der Waals surface area contributed by atoms with Crippen LogP contribution in [0.1, 0.15) is 27.2 Å². The molecule has 1 unspecified atom stereocenters. The average Bonchev–Trinajstić information content (AvgIpc) is 3.08. The molecule has 2 N–H and O–H groups in total. The monoisotopic (exact) mass is 387 g/mol. The molecule has 154 valence electrons. The van der Waals surface area contributed by atoms with Gasteiger partial charge in [0.2, 0.25) is 5.91 Å². The minimum atomic E-state index is -0.0340. The first-order valence-corrected chi connectivity index (χ1v) is 10.2. The number of ether oxygens (including phenoxy) is 1. The highest BCUT2D eigenvalue weighted by Gasteiger charge is 2.32. The number of guanidine groups is 1. The number of benzene rings is 1.